The van der Waals surface area contributed by atoms with Crippen LogP contribution in [0, 0.1) is 0 Å². The van der Waals surface area contributed by atoms with Crippen molar-refractivity contribution < 1.29 is 4.42 Å². The standard InChI is InChI=1S/C49H29ClN4O/c50-35-25-22-32-23-27-44-45(40(32)29-35)41-28-34(24-26-43(41)55-44)48-51-47(33-20-18-31(19-21-33)30-10-3-1-4-11-30)52-49(53-48)39-16-9-15-38-37-14-7-8-17-42(37)54(46(38)39)36-12-5-2-6-13-36/h1-29H. The highest BCUT2D eigenvalue weighted by atomic mass is 35.5. The number of furan rings is 1. The maximum absolute atomic E-state index is 6.52. The lowest BCUT2D eigenvalue weighted by atomic mass is 10.0. The molecule has 0 aliphatic heterocycles. The van der Waals surface area contributed by atoms with Crippen molar-refractivity contribution in [1.29, 1.82) is 0 Å². The van der Waals surface area contributed by atoms with Crippen molar-refractivity contribution in [2.24, 2.45) is 0 Å². The predicted molar refractivity (Wildman–Crippen MR) is 226 cm³/mol. The summed E-state index contributed by atoms with van der Waals surface area (Å²) in [7, 11) is 0. The number of fused-ring (bicyclic) bond motifs is 8. The van der Waals surface area contributed by atoms with Crippen LogP contribution >= 0.6 is 11.6 Å². The van der Waals surface area contributed by atoms with Crippen LogP contribution in [-0.4, -0.2) is 19.5 Å². The topological polar surface area (TPSA) is 56.7 Å². The second-order valence-corrected chi connectivity index (χ2v) is 14.2. The van der Waals surface area contributed by atoms with Crippen molar-refractivity contribution >= 4 is 66.1 Å². The first-order valence-electron chi connectivity index (χ1n) is 18.2. The van der Waals surface area contributed by atoms with E-state index in [1.54, 1.807) is 0 Å². The summed E-state index contributed by atoms with van der Waals surface area (Å²) in [5.41, 5.74) is 9.76. The fraction of sp³-hybridized carbons (Fsp3) is 0. The van der Waals surface area contributed by atoms with Gasteiger partial charge in [0.25, 0.3) is 0 Å². The number of aromatic nitrogens is 4. The Morgan fingerprint density at radius 1 is 0.436 bits per heavy atom. The normalized spacial score (nSPS) is 11.7. The molecule has 3 heterocycles. The predicted octanol–water partition coefficient (Wildman–Crippen LogP) is 13.3. The molecule has 6 heteroatoms. The fourth-order valence-electron chi connectivity index (χ4n) is 7.95. The second-order valence-electron chi connectivity index (χ2n) is 13.8. The average molecular weight is 725 g/mol. The number of benzene rings is 8. The van der Waals surface area contributed by atoms with Gasteiger partial charge in [-0.05, 0) is 82.6 Å². The van der Waals surface area contributed by atoms with Gasteiger partial charge in [0.05, 0.1) is 11.0 Å². The quantitative estimate of drug-likeness (QED) is 0.177. The molecular weight excluding hydrogens is 696 g/mol. The molecule has 0 radical (unpaired) electrons. The highest BCUT2D eigenvalue weighted by molar-refractivity contribution is 6.32. The smallest absolute Gasteiger partial charge is 0.166 e. The van der Waals surface area contributed by atoms with Crippen LogP contribution in [0.15, 0.2) is 180 Å². The molecule has 0 aliphatic carbocycles. The summed E-state index contributed by atoms with van der Waals surface area (Å²) in [5.74, 6) is 1.75. The number of hydrogen-bond acceptors (Lipinski definition) is 4. The van der Waals surface area contributed by atoms with Crippen LogP contribution in [-0.2, 0) is 0 Å². The summed E-state index contributed by atoms with van der Waals surface area (Å²) in [6.45, 7) is 0. The molecule has 11 aromatic rings. The Bertz CT molecular complexity index is 3260. The molecule has 0 N–H and O–H groups in total. The van der Waals surface area contributed by atoms with Gasteiger partial charge in [-0.3, -0.25) is 0 Å². The van der Waals surface area contributed by atoms with Crippen LogP contribution in [0.1, 0.15) is 0 Å². The summed E-state index contributed by atoms with van der Waals surface area (Å²) < 4.78 is 8.68. The van der Waals surface area contributed by atoms with Gasteiger partial charge >= 0.3 is 0 Å². The van der Waals surface area contributed by atoms with E-state index in [0.717, 1.165) is 82.6 Å². The molecule has 55 heavy (non-hydrogen) atoms. The molecule has 11 rings (SSSR count). The van der Waals surface area contributed by atoms with E-state index in [2.05, 4.69) is 132 Å². The lowest BCUT2D eigenvalue weighted by Crippen LogP contribution is -2.02. The number of halogens is 1. The third-order valence-corrected chi connectivity index (χ3v) is 10.7. The first-order chi connectivity index (χ1) is 27.2. The molecule has 3 aromatic heterocycles. The van der Waals surface area contributed by atoms with Gasteiger partial charge in [0.2, 0.25) is 0 Å². The number of hydrogen-bond donors (Lipinski definition) is 0. The molecule has 8 aromatic carbocycles. The van der Waals surface area contributed by atoms with Crippen LogP contribution in [0.25, 0.3) is 105 Å². The average Bonchev–Trinajstić information content (AvgIpc) is 3.80. The zero-order valence-electron chi connectivity index (χ0n) is 29.3. The van der Waals surface area contributed by atoms with Crippen molar-refractivity contribution in [2.45, 2.75) is 0 Å². The number of rotatable bonds is 5. The van der Waals surface area contributed by atoms with Crippen LogP contribution in [0.3, 0.4) is 0 Å². The number of para-hydroxylation sites is 3. The summed E-state index contributed by atoms with van der Waals surface area (Å²) in [6.07, 6.45) is 0. The highest BCUT2D eigenvalue weighted by Gasteiger charge is 2.21. The summed E-state index contributed by atoms with van der Waals surface area (Å²) in [6, 6.07) is 60.4. The summed E-state index contributed by atoms with van der Waals surface area (Å²) in [5, 5.41) is 7.09. The molecule has 0 atom stereocenters. The van der Waals surface area contributed by atoms with Crippen LogP contribution in [0.5, 0.6) is 0 Å². The SMILES string of the molecule is Clc1ccc2ccc3oc4ccc(-c5nc(-c6ccc(-c7ccccc7)cc6)nc(-c6cccc7c8ccccc8n(-c8ccccc8)c67)n5)cc4c3c2c1. The molecule has 0 saturated carbocycles. The molecule has 0 aliphatic rings. The van der Waals surface area contributed by atoms with Gasteiger partial charge in [0.1, 0.15) is 11.2 Å². The molecular formula is C49H29ClN4O. The van der Waals surface area contributed by atoms with Gasteiger partial charge in [-0.15, -0.1) is 0 Å². The Kier molecular flexibility index (Phi) is 7.15. The Balaban J connectivity index is 1.17. The molecule has 0 saturated heterocycles. The van der Waals surface area contributed by atoms with Crippen LogP contribution < -0.4 is 0 Å². The van der Waals surface area contributed by atoms with Crippen molar-refractivity contribution in [2.75, 3.05) is 0 Å². The minimum Gasteiger partial charge on any atom is -0.456 e. The Labute approximate surface area is 320 Å². The lowest BCUT2D eigenvalue weighted by molar-refractivity contribution is 0.669. The second kappa shape index (κ2) is 12.5. The van der Waals surface area contributed by atoms with Crippen LogP contribution in [0.2, 0.25) is 5.02 Å². The van der Waals surface area contributed by atoms with E-state index >= 15 is 0 Å². The zero-order valence-corrected chi connectivity index (χ0v) is 30.1. The molecule has 0 amide bonds. The van der Waals surface area contributed by atoms with Crippen molar-refractivity contribution in [3.63, 3.8) is 0 Å². The fourth-order valence-corrected chi connectivity index (χ4v) is 8.12. The Hall–Kier alpha value is -7.08. The van der Waals surface area contributed by atoms with Gasteiger partial charge in [-0.1, -0.05) is 127 Å². The molecule has 0 spiro atoms. The highest BCUT2D eigenvalue weighted by Crippen LogP contribution is 2.40. The number of nitrogens with zero attached hydrogens (tertiary/aromatic N) is 4. The molecule has 5 nitrogen and oxygen atoms in total. The minimum atomic E-state index is 0.570. The van der Waals surface area contributed by atoms with E-state index in [4.69, 9.17) is 31.0 Å². The maximum Gasteiger partial charge on any atom is 0.166 e. The van der Waals surface area contributed by atoms with Gasteiger partial charge in [0, 0.05) is 48.9 Å². The lowest BCUT2D eigenvalue weighted by Gasteiger charge is -2.13. The van der Waals surface area contributed by atoms with E-state index in [0.29, 0.717) is 22.5 Å². The van der Waals surface area contributed by atoms with Crippen molar-refractivity contribution in [1.82, 2.24) is 19.5 Å². The first-order valence-corrected chi connectivity index (χ1v) is 18.6. The Morgan fingerprint density at radius 2 is 1.07 bits per heavy atom. The zero-order chi connectivity index (χ0) is 36.5. The van der Waals surface area contributed by atoms with E-state index < -0.39 is 0 Å². The molecule has 0 bridgehead atoms. The van der Waals surface area contributed by atoms with Crippen molar-refractivity contribution in [3.05, 3.63) is 181 Å². The first kappa shape index (κ1) is 31.4. The third-order valence-electron chi connectivity index (χ3n) is 10.5. The maximum atomic E-state index is 6.52. The van der Waals surface area contributed by atoms with Gasteiger partial charge in [-0.2, -0.15) is 0 Å². The van der Waals surface area contributed by atoms with E-state index in [1.807, 2.05) is 48.5 Å². The van der Waals surface area contributed by atoms with Crippen molar-refractivity contribution in [3.8, 4) is 51.0 Å². The monoisotopic (exact) mass is 724 g/mol. The van der Waals surface area contributed by atoms with E-state index in [9.17, 15) is 0 Å². The third kappa shape index (κ3) is 5.20. The van der Waals surface area contributed by atoms with Crippen LogP contribution in [0.4, 0.5) is 0 Å². The largest absolute Gasteiger partial charge is 0.456 e. The van der Waals surface area contributed by atoms with E-state index in [-0.39, 0.29) is 0 Å². The minimum absolute atomic E-state index is 0.570. The molecule has 0 unspecified atom stereocenters. The van der Waals surface area contributed by atoms with Gasteiger partial charge < -0.3 is 8.98 Å². The van der Waals surface area contributed by atoms with E-state index in [1.165, 1.54) is 5.39 Å². The molecule has 0 fully saturated rings. The Morgan fingerprint density at radius 3 is 1.91 bits per heavy atom. The summed E-state index contributed by atoms with van der Waals surface area (Å²) >= 11 is 6.52. The van der Waals surface area contributed by atoms with Gasteiger partial charge in [0.15, 0.2) is 17.5 Å². The van der Waals surface area contributed by atoms with Gasteiger partial charge in [-0.25, -0.2) is 15.0 Å². The molecule has 258 valence electrons. The summed E-state index contributed by atoms with van der Waals surface area (Å²) in [4.78, 5) is 15.7.